The van der Waals surface area contributed by atoms with Gasteiger partial charge >= 0.3 is 6.09 Å². The van der Waals surface area contributed by atoms with Crippen LogP contribution in [0.3, 0.4) is 0 Å². The second-order valence-electron chi connectivity index (χ2n) is 6.06. The zero-order valence-electron chi connectivity index (χ0n) is 12.0. The van der Waals surface area contributed by atoms with Crippen LogP contribution in [-0.2, 0) is 13.0 Å². The van der Waals surface area contributed by atoms with Gasteiger partial charge in [-0.1, -0.05) is 45.0 Å². The fourth-order valence-corrected chi connectivity index (χ4v) is 2.03. The molecule has 0 aliphatic rings. The molecule has 0 spiro atoms. The summed E-state index contributed by atoms with van der Waals surface area (Å²) in [6.07, 6.45) is -0.0562. The fraction of sp³-hybridized carbons (Fsp3) is 0.533. The third-order valence-corrected chi connectivity index (χ3v) is 2.73. The van der Waals surface area contributed by atoms with Crippen LogP contribution in [0.15, 0.2) is 24.3 Å². The number of carbonyl (C=O) groups is 1. The zero-order chi connectivity index (χ0) is 14.5. The number of benzene rings is 1. The standard InChI is InChI=1S/C15H24N2O2/c1-15(2,3)11-17(14(18)19)10-13-6-4-5-12(9-13)7-8-16/h4-6,9H,7-8,10-11,16H2,1-3H3,(H,18,19). The van der Waals surface area contributed by atoms with Gasteiger partial charge in [-0.3, -0.25) is 0 Å². The van der Waals surface area contributed by atoms with E-state index >= 15 is 0 Å². The average Bonchev–Trinajstić information content (AvgIpc) is 2.27. The molecule has 0 saturated heterocycles. The molecule has 0 atom stereocenters. The Hall–Kier alpha value is -1.55. The summed E-state index contributed by atoms with van der Waals surface area (Å²) >= 11 is 0. The van der Waals surface area contributed by atoms with Gasteiger partial charge in [-0.05, 0) is 29.5 Å². The molecule has 0 aromatic heterocycles. The second-order valence-corrected chi connectivity index (χ2v) is 6.06. The molecule has 3 N–H and O–H groups in total. The van der Waals surface area contributed by atoms with Gasteiger partial charge in [-0.25, -0.2) is 4.79 Å². The maximum absolute atomic E-state index is 11.3. The van der Waals surface area contributed by atoms with Gasteiger partial charge < -0.3 is 15.7 Å². The summed E-state index contributed by atoms with van der Waals surface area (Å²) in [7, 11) is 0. The van der Waals surface area contributed by atoms with Crippen molar-refractivity contribution in [1.29, 1.82) is 0 Å². The van der Waals surface area contributed by atoms with E-state index in [9.17, 15) is 9.90 Å². The van der Waals surface area contributed by atoms with E-state index in [0.717, 1.165) is 17.5 Å². The number of amides is 1. The summed E-state index contributed by atoms with van der Waals surface area (Å²) in [6.45, 7) is 7.65. The highest BCUT2D eigenvalue weighted by atomic mass is 16.4. The number of carboxylic acid groups (broad SMARTS) is 1. The van der Waals surface area contributed by atoms with Crippen LogP contribution < -0.4 is 5.73 Å². The van der Waals surface area contributed by atoms with Crippen LogP contribution in [0.5, 0.6) is 0 Å². The lowest BCUT2D eigenvalue weighted by Gasteiger charge is -2.28. The summed E-state index contributed by atoms with van der Waals surface area (Å²) < 4.78 is 0. The Morgan fingerprint density at radius 1 is 1.32 bits per heavy atom. The monoisotopic (exact) mass is 264 g/mol. The highest BCUT2D eigenvalue weighted by Gasteiger charge is 2.20. The van der Waals surface area contributed by atoms with Crippen LogP contribution in [0.25, 0.3) is 0 Å². The summed E-state index contributed by atoms with van der Waals surface area (Å²) in [6, 6.07) is 7.97. The normalized spacial score (nSPS) is 11.4. The van der Waals surface area contributed by atoms with Crippen molar-refractivity contribution < 1.29 is 9.90 Å². The smallest absolute Gasteiger partial charge is 0.407 e. The van der Waals surface area contributed by atoms with Crippen LogP contribution in [0.1, 0.15) is 31.9 Å². The first-order valence-corrected chi connectivity index (χ1v) is 6.57. The van der Waals surface area contributed by atoms with Gasteiger partial charge in [0.1, 0.15) is 0 Å². The van der Waals surface area contributed by atoms with Gasteiger partial charge in [-0.2, -0.15) is 0 Å². The average molecular weight is 264 g/mol. The van der Waals surface area contributed by atoms with E-state index in [0.29, 0.717) is 19.6 Å². The van der Waals surface area contributed by atoms with Crippen molar-refractivity contribution in [1.82, 2.24) is 4.90 Å². The Bertz CT molecular complexity index is 424. The molecule has 19 heavy (non-hydrogen) atoms. The maximum atomic E-state index is 11.3. The van der Waals surface area contributed by atoms with Crippen molar-refractivity contribution >= 4 is 6.09 Å². The fourth-order valence-electron chi connectivity index (χ4n) is 2.03. The lowest BCUT2D eigenvalue weighted by atomic mass is 9.96. The van der Waals surface area contributed by atoms with Crippen LogP contribution in [0, 0.1) is 5.41 Å². The summed E-state index contributed by atoms with van der Waals surface area (Å²) in [4.78, 5) is 12.8. The lowest BCUT2D eigenvalue weighted by molar-refractivity contribution is 0.123. The molecule has 0 heterocycles. The zero-order valence-corrected chi connectivity index (χ0v) is 12.0. The van der Waals surface area contributed by atoms with E-state index in [1.165, 1.54) is 4.90 Å². The third kappa shape index (κ3) is 5.75. The van der Waals surface area contributed by atoms with Crippen molar-refractivity contribution in [2.75, 3.05) is 13.1 Å². The van der Waals surface area contributed by atoms with Gasteiger partial charge in [0.05, 0.1) is 0 Å². The summed E-state index contributed by atoms with van der Waals surface area (Å²) in [5.74, 6) is 0. The SMILES string of the molecule is CC(C)(C)CN(Cc1cccc(CCN)c1)C(=O)O. The Balaban J connectivity index is 2.79. The van der Waals surface area contributed by atoms with Crippen LogP contribution in [0.4, 0.5) is 4.79 Å². The third-order valence-electron chi connectivity index (χ3n) is 2.73. The van der Waals surface area contributed by atoms with Gasteiger partial charge in [0.15, 0.2) is 0 Å². The van der Waals surface area contributed by atoms with Crippen molar-refractivity contribution in [3.05, 3.63) is 35.4 Å². The largest absolute Gasteiger partial charge is 0.465 e. The predicted octanol–water partition coefficient (Wildman–Crippen LogP) is 2.71. The molecular weight excluding hydrogens is 240 g/mol. The van der Waals surface area contributed by atoms with Crippen molar-refractivity contribution in [2.45, 2.75) is 33.7 Å². The first kappa shape index (κ1) is 15.5. The Morgan fingerprint density at radius 2 is 1.95 bits per heavy atom. The molecule has 0 fully saturated rings. The van der Waals surface area contributed by atoms with Crippen LogP contribution in [0.2, 0.25) is 0 Å². The summed E-state index contributed by atoms with van der Waals surface area (Å²) in [5, 5.41) is 9.28. The number of hydrogen-bond acceptors (Lipinski definition) is 2. The molecule has 0 radical (unpaired) electrons. The van der Waals surface area contributed by atoms with Gasteiger partial charge in [-0.15, -0.1) is 0 Å². The predicted molar refractivity (Wildman–Crippen MR) is 77.1 cm³/mol. The molecule has 0 aliphatic heterocycles. The van der Waals surface area contributed by atoms with E-state index in [2.05, 4.69) is 0 Å². The molecule has 0 unspecified atom stereocenters. The number of hydrogen-bond donors (Lipinski definition) is 2. The minimum Gasteiger partial charge on any atom is -0.465 e. The van der Waals surface area contributed by atoms with Gasteiger partial charge in [0.25, 0.3) is 0 Å². The first-order valence-electron chi connectivity index (χ1n) is 6.57. The van der Waals surface area contributed by atoms with E-state index in [1.54, 1.807) is 0 Å². The minimum atomic E-state index is -0.876. The van der Waals surface area contributed by atoms with Crippen molar-refractivity contribution in [3.8, 4) is 0 Å². The Morgan fingerprint density at radius 3 is 2.47 bits per heavy atom. The molecule has 1 aromatic rings. The van der Waals surface area contributed by atoms with Crippen LogP contribution in [-0.4, -0.2) is 29.2 Å². The number of nitrogens with zero attached hydrogens (tertiary/aromatic N) is 1. The van der Waals surface area contributed by atoms with E-state index < -0.39 is 6.09 Å². The molecular formula is C15H24N2O2. The Kier molecular flexibility index (Phi) is 5.36. The molecule has 4 heteroatoms. The minimum absolute atomic E-state index is 0.0484. The van der Waals surface area contributed by atoms with Gasteiger partial charge in [0, 0.05) is 13.1 Å². The second kappa shape index (κ2) is 6.57. The molecule has 106 valence electrons. The molecule has 0 saturated carbocycles. The first-order chi connectivity index (χ1) is 8.81. The Labute approximate surface area is 115 Å². The van der Waals surface area contributed by atoms with Crippen LogP contribution >= 0.6 is 0 Å². The summed E-state index contributed by atoms with van der Waals surface area (Å²) in [5.41, 5.74) is 7.66. The van der Waals surface area contributed by atoms with Gasteiger partial charge in [0.2, 0.25) is 0 Å². The van der Waals surface area contributed by atoms with Crippen molar-refractivity contribution in [3.63, 3.8) is 0 Å². The van der Waals surface area contributed by atoms with E-state index in [-0.39, 0.29) is 5.41 Å². The molecule has 1 aromatic carbocycles. The number of nitrogens with two attached hydrogens (primary N) is 1. The maximum Gasteiger partial charge on any atom is 0.407 e. The highest BCUT2D eigenvalue weighted by molar-refractivity contribution is 5.65. The van der Waals surface area contributed by atoms with Crippen molar-refractivity contribution in [2.24, 2.45) is 11.1 Å². The number of rotatable bonds is 5. The highest BCUT2D eigenvalue weighted by Crippen LogP contribution is 2.18. The molecule has 4 nitrogen and oxygen atoms in total. The quantitative estimate of drug-likeness (QED) is 0.859. The lowest BCUT2D eigenvalue weighted by Crippen LogP contribution is -2.36. The topological polar surface area (TPSA) is 66.6 Å². The van der Waals surface area contributed by atoms with E-state index in [1.807, 2.05) is 45.0 Å². The molecule has 1 amide bonds. The molecule has 1 rings (SSSR count). The van der Waals surface area contributed by atoms with E-state index in [4.69, 9.17) is 5.73 Å². The molecule has 0 aliphatic carbocycles. The molecule has 0 bridgehead atoms.